The van der Waals surface area contributed by atoms with Crippen LogP contribution in [0.4, 0.5) is 13.2 Å². The number of amides is 1. The summed E-state index contributed by atoms with van der Waals surface area (Å²) in [6, 6.07) is 5.61. The summed E-state index contributed by atoms with van der Waals surface area (Å²) in [5, 5.41) is 0.259. The van der Waals surface area contributed by atoms with Crippen molar-refractivity contribution in [1.29, 1.82) is 0 Å². The van der Waals surface area contributed by atoms with Crippen LogP contribution < -0.4 is 4.74 Å². The molecule has 0 radical (unpaired) electrons. The summed E-state index contributed by atoms with van der Waals surface area (Å²) < 4.78 is 40.3. The van der Waals surface area contributed by atoms with E-state index in [4.69, 9.17) is 0 Å². The van der Waals surface area contributed by atoms with Crippen molar-refractivity contribution in [3.8, 4) is 5.75 Å². The Kier molecular flexibility index (Phi) is 3.10. The summed E-state index contributed by atoms with van der Waals surface area (Å²) in [5.41, 5.74) is 0.181. The van der Waals surface area contributed by atoms with Crippen molar-refractivity contribution in [3.05, 3.63) is 29.8 Å². The fourth-order valence-corrected chi connectivity index (χ4v) is 2.12. The van der Waals surface area contributed by atoms with Crippen molar-refractivity contribution >= 4 is 22.7 Å². The lowest BCUT2D eigenvalue weighted by atomic mass is 10.2. The molecule has 2 rings (SSSR count). The summed E-state index contributed by atoms with van der Waals surface area (Å²) >= 11 is 1.10. The van der Waals surface area contributed by atoms with Gasteiger partial charge in [0.1, 0.15) is 10.8 Å². The molecule has 0 aromatic heterocycles. The third-order valence-electron chi connectivity index (χ3n) is 1.90. The zero-order valence-electron chi connectivity index (χ0n) is 8.32. The van der Waals surface area contributed by atoms with Crippen LogP contribution in [0.25, 0.3) is 0 Å². The zero-order valence-corrected chi connectivity index (χ0v) is 9.14. The van der Waals surface area contributed by atoms with Crippen molar-refractivity contribution < 1.29 is 22.7 Å². The predicted molar refractivity (Wildman–Crippen MR) is 57.1 cm³/mol. The van der Waals surface area contributed by atoms with E-state index < -0.39 is 6.36 Å². The van der Waals surface area contributed by atoms with Crippen LogP contribution in [0.5, 0.6) is 5.75 Å². The predicted octanol–water partition coefficient (Wildman–Crippen LogP) is 2.61. The van der Waals surface area contributed by atoms with E-state index in [2.05, 4.69) is 9.73 Å². The summed E-state index contributed by atoms with van der Waals surface area (Å²) in [6.45, 7) is 0. The maximum Gasteiger partial charge on any atom is 0.573 e. The Morgan fingerprint density at radius 3 is 2.59 bits per heavy atom. The van der Waals surface area contributed by atoms with Crippen LogP contribution in [-0.2, 0) is 4.79 Å². The van der Waals surface area contributed by atoms with Gasteiger partial charge in [-0.2, -0.15) is 0 Å². The Balaban J connectivity index is 2.34. The number of halogens is 3. The van der Waals surface area contributed by atoms with Gasteiger partial charge in [-0.3, -0.25) is 4.79 Å². The molecule has 0 fully saturated rings. The normalized spacial score (nSPS) is 15.9. The van der Waals surface area contributed by atoms with E-state index in [1.165, 1.54) is 18.2 Å². The van der Waals surface area contributed by atoms with Crippen molar-refractivity contribution in [2.45, 2.75) is 6.36 Å². The average Bonchev–Trinajstić information content (AvgIpc) is 2.63. The van der Waals surface area contributed by atoms with Crippen LogP contribution in [0.3, 0.4) is 0 Å². The molecule has 0 atom stereocenters. The molecule has 3 nitrogen and oxygen atoms in total. The van der Waals surface area contributed by atoms with Gasteiger partial charge in [-0.15, -0.1) is 13.2 Å². The molecular weight excluding hydrogens is 255 g/mol. The molecule has 17 heavy (non-hydrogen) atoms. The molecule has 1 heterocycles. The van der Waals surface area contributed by atoms with E-state index in [0.717, 1.165) is 11.8 Å². The van der Waals surface area contributed by atoms with Gasteiger partial charge in [-0.05, 0) is 12.1 Å². The molecular formula is C10H6F3NO2S. The second-order valence-corrected chi connectivity index (χ2v) is 4.11. The van der Waals surface area contributed by atoms with Crippen LogP contribution in [0, 0.1) is 0 Å². The SMILES string of the molecule is O=C1CSC(c2ccccc2OC(F)(F)F)=N1. The molecule has 0 spiro atoms. The average molecular weight is 261 g/mol. The van der Waals surface area contributed by atoms with Gasteiger partial charge in [0.05, 0.1) is 5.75 Å². The number of hydrogen-bond donors (Lipinski definition) is 0. The number of para-hydroxylation sites is 1. The Morgan fingerprint density at radius 2 is 2.00 bits per heavy atom. The third kappa shape index (κ3) is 3.00. The Hall–Kier alpha value is -1.50. The first-order chi connectivity index (χ1) is 7.96. The summed E-state index contributed by atoms with van der Waals surface area (Å²) in [5.74, 6) is -0.553. The van der Waals surface area contributed by atoms with E-state index in [0.29, 0.717) is 0 Å². The van der Waals surface area contributed by atoms with Crippen LogP contribution in [0.15, 0.2) is 29.3 Å². The number of benzene rings is 1. The zero-order chi connectivity index (χ0) is 12.5. The Labute approximate surface area is 98.7 Å². The standard InChI is InChI=1S/C10H6F3NO2S/c11-10(12,13)16-7-4-2-1-3-6(7)9-14-8(15)5-17-9/h1-4H,5H2. The molecule has 0 saturated heterocycles. The fraction of sp³-hybridized carbons (Fsp3) is 0.200. The van der Waals surface area contributed by atoms with Gasteiger partial charge in [0.25, 0.3) is 5.91 Å². The molecule has 0 unspecified atom stereocenters. The maximum absolute atomic E-state index is 12.1. The molecule has 1 amide bonds. The number of rotatable bonds is 2. The number of hydrogen-bond acceptors (Lipinski definition) is 3. The quantitative estimate of drug-likeness (QED) is 0.821. The summed E-state index contributed by atoms with van der Waals surface area (Å²) in [6.07, 6.45) is -4.76. The lowest BCUT2D eigenvalue weighted by molar-refractivity contribution is -0.274. The maximum atomic E-state index is 12.1. The first kappa shape index (κ1) is 12.0. The molecule has 1 aromatic carbocycles. The first-order valence-corrected chi connectivity index (χ1v) is 5.54. The van der Waals surface area contributed by atoms with E-state index in [1.807, 2.05) is 0 Å². The van der Waals surface area contributed by atoms with Gasteiger partial charge in [0.15, 0.2) is 0 Å². The van der Waals surface area contributed by atoms with Gasteiger partial charge in [0.2, 0.25) is 0 Å². The molecule has 7 heteroatoms. The van der Waals surface area contributed by atoms with Gasteiger partial charge in [-0.1, -0.05) is 23.9 Å². The van der Waals surface area contributed by atoms with Gasteiger partial charge in [-0.25, -0.2) is 4.99 Å². The van der Waals surface area contributed by atoms with Gasteiger partial charge < -0.3 is 4.74 Å². The minimum atomic E-state index is -4.76. The Morgan fingerprint density at radius 1 is 1.29 bits per heavy atom. The van der Waals surface area contributed by atoms with Crippen LogP contribution in [0.1, 0.15) is 5.56 Å². The second-order valence-electron chi connectivity index (χ2n) is 3.14. The van der Waals surface area contributed by atoms with Crippen molar-refractivity contribution in [2.75, 3.05) is 5.75 Å². The summed E-state index contributed by atoms with van der Waals surface area (Å²) in [4.78, 5) is 14.6. The number of thioether (sulfide) groups is 1. The highest BCUT2D eigenvalue weighted by Crippen LogP contribution is 2.31. The van der Waals surface area contributed by atoms with Gasteiger partial charge >= 0.3 is 6.36 Å². The largest absolute Gasteiger partial charge is 0.573 e. The number of carbonyl (C=O) groups is 1. The molecule has 1 aliphatic rings. The molecule has 0 aliphatic carbocycles. The van der Waals surface area contributed by atoms with Crippen molar-refractivity contribution in [3.63, 3.8) is 0 Å². The minimum absolute atomic E-state index is 0.148. The molecule has 0 N–H and O–H groups in total. The Bertz CT molecular complexity index is 485. The monoisotopic (exact) mass is 261 g/mol. The van der Waals surface area contributed by atoms with Crippen LogP contribution in [-0.4, -0.2) is 23.1 Å². The fourth-order valence-electron chi connectivity index (χ4n) is 1.30. The molecule has 90 valence electrons. The van der Waals surface area contributed by atoms with E-state index in [1.54, 1.807) is 6.07 Å². The lowest BCUT2D eigenvalue weighted by Gasteiger charge is -2.12. The molecule has 1 aromatic rings. The second kappa shape index (κ2) is 4.40. The van der Waals surface area contributed by atoms with Crippen molar-refractivity contribution in [2.24, 2.45) is 4.99 Å². The van der Waals surface area contributed by atoms with Gasteiger partial charge in [0, 0.05) is 5.56 Å². The number of nitrogens with zero attached hydrogens (tertiary/aromatic N) is 1. The number of carbonyl (C=O) groups excluding carboxylic acids is 1. The number of aliphatic imine (C=N–C) groups is 1. The number of ether oxygens (including phenoxy) is 1. The molecule has 1 aliphatic heterocycles. The van der Waals surface area contributed by atoms with Crippen LogP contribution in [0.2, 0.25) is 0 Å². The molecule has 0 saturated carbocycles. The van der Waals surface area contributed by atoms with Crippen LogP contribution >= 0.6 is 11.8 Å². The lowest BCUT2D eigenvalue weighted by Crippen LogP contribution is -2.18. The highest BCUT2D eigenvalue weighted by molar-refractivity contribution is 8.15. The van der Waals surface area contributed by atoms with E-state index in [9.17, 15) is 18.0 Å². The molecule has 0 bridgehead atoms. The first-order valence-electron chi connectivity index (χ1n) is 4.55. The van der Waals surface area contributed by atoms with E-state index >= 15 is 0 Å². The highest BCUT2D eigenvalue weighted by Gasteiger charge is 2.33. The highest BCUT2D eigenvalue weighted by atomic mass is 32.2. The minimum Gasteiger partial charge on any atom is -0.405 e. The third-order valence-corrected chi connectivity index (χ3v) is 2.88. The smallest absolute Gasteiger partial charge is 0.405 e. The van der Waals surface area contributed by atoms with E-state index in [-0.39, 0.29) is 28.0 Å². The van der Waals surface area contributed by atoms with Crippen molar-refractivity contribution in [1.82, 2.24) is 0 Å². The number of alkyl halides is 3. The topological polar surface area (TPSA) is 38.7 Å². The summed E-state index contributed by atoms with van der Waals surface area (Å²) in [7, 11) is 0.